The number of nitrogens with zero attached hydrogens (tertiary/aromatic N) is 6. The Morgan fingerprint density at radius 3 is 2.32 bits per heavy atom. The van der Waals surface area contributed by atoms with Gasteiger partial charge in [0.2, 0.25) is 5.95 Å². The molecule has 0 bridgehead atoms. The summed E-state index contributed by atoms with van der Waals surface area (Å²) in [5, 5.41) is 11.8. The molecule has 3 aromatic rings. The number of anilines is 3. The van der Waals surface area contributed by atoms with E-state index in [0.29, 0.717) is 12.5 Å². The number of benzene rings is 1. The molecule has 0 unspecified atom stereocenters. The fourth-order valence-electron chi connectivity index (χ4n) is 3.78. The molecule has 8 heteroatoms. The van der Waals surface area contributed by atoms with Gasteiger partial charge in [-0.1, -0.05) is 13.8 Å². The SMILES string of the molecule is CCc1nnc(NCc2ccnc(N3CCN(c4ccc(F)cc4)CC3)c2)nc1CC. The number of aromatic nitrogens is 4. The van der Waals surface area contributed by atoms with Crippen LogP contribution in [0.1, 0.15) is 30.8 Å². The molecule has 31 heavy (non-hydrogen) atoms. The van der Waals surface area contributed by atoms with Gasteiger partial charge in [-0.3, -0.25) is 0 Å². The van der Waals surface area contributed by atoms with Gasteiger partial charge in [-0.05, 0) is 54.8 Å². The van der Waals surface area contributed by atoms with E-state index in [4.69, 9.17) is 0 Å². The Morgan fingerprint density at radius 1 is 0.903 bits per heavy atom. The van der Waals surface area contributed by atoms with E-state index in [2.05, 4.69) is 55.2 Å². The second-order valence-corrected chi connectivity index (χ2v) is 7.56. The summed E-state index contributed by atoms with van der Waals surface area (Å²) in [6.45, 7) is 8.24. The van der Waals surface area contributed by atoms with Gasteiger partial charge in [0.25, 0.3) is 0 Å². The van der Waals surface area contributed by atoms with E-state index in [0.717, 1.165) is 67.5 Å². The van der Waals surface area contributed by atoms with Crippen molar-refractivity contribution in [1.82, 2.24) is 20.2 Å². The molecule has 2 aromatic heterocycles. The molecule has 1 aliphatic rings. The quantitative estimate of drug-likeness (QED) is 0.626. The first-order chi connectivity index (χ1) is 15.2. The molecular formula is C23H28FN7. The molecule has 1 saturated heterocycles. The van der Waals surface area contributed by atoms with Crippen LogP contribution in [0.3, 0.4) is 0 Å². The fourth-order valence-corrected chi connectivity index (χ4v) is 3.78. The van der Waals surface area contributed by atoms with Crippen LogP contribution in [0, 0.1) is 5.82 Å². The Kier molecular flexibility index (Phi) is 6.54. The lowest BCUT2D eigenvalue weighted by Crippen LogP contribution is -2.46. The topological polar surface area (TPSA) is 70.1 Å². The first-order valence-corrected chi connectivity index (χ1v) is 10.8. The number of rotatable bonds is 7. The van der Waals surface area contributed by atoms with Crippen LogP contribution in [0.2, 0.25) is 0 Å². The van der Waals surface area contributed by atoms with Crippen molar-refractivity contribution in [3.63, 3.8) is 0 Å². The zero-order valence-electron chi connectivity index (χ0n) is 18.1. The van der Waals surface area contributed by atoms with Gasteiger partial charge in [0.1, 0.15) is 11.6 Å². The second-order valence-electron chi connectivity index (χ2n) is 7.56. The molecule has 0 aliphatic carbocycles. The Balaban J connectivity index is 1.36. The zero-order valence-corrected chi connectivity index (χ0v) is 18.1. The highest BCUT2D eigenvalue weighted by Crippen LogP contribution is 2.20. The summed E-state index contributed by atoms with van der Waals surface area (Å²) in [7, 11) is 0. The van der Waals surface area contributed by atoms with Crippen LogP contribution >= 0.6 is 0 Å². The Labute approximate surface area is 182 Å². The summed E-state index contributed by atoms with van der Waals surface area (Å²) in [4.78, 5) is 13.7. The molecule has 4 rings (SSSR count). The van der Waals surface area contributed by atoms with Gasteiger partial charge >= 0.3 is 0 Å². The number of halogens is 1. The average molecular weight is 422 g/mol. The van der Waals surface area contributed by atoms with Gasteiger partial charge in [-0.2, -0.15) is 5.10 Å². The predicted molar refractivity (Wildman–Crippen MR) is 121 cm³/mol. The third-order valence-electron chi connectivity index (χ3n) is 5.57. The van der Waals surface area contributed by atoms with E-state index in [-0.39, 0.29) is 5.82 Å². The van der Waals surface area contributed by atoms with Crippen molar-refractivity contribution >= 4 is 17.5 Å². The molecule has 0 radical (unpaired) electrons. The second kappa shape index (κ2) is 9.68. The summed E-state index contributed by atoms with van der Waals surface area (Å²) >= 11 is 0. The van der Waals surface area contributed by atoms with Gasteiger partial charge in [0.15, 0.2) is 0 Å². The van der Waals surface area contributed by atoms with Crippen molar-refractivity contribution in [2.24, 2.45) is 0 Å². The Hall–Kier alpha value is -3.29. The normalized spacial score (nSPS) is 14.0. The van der Waals surface area contributed by atoms with Crippen LogP contribution < -0.4 is 15.1 Å². The first-order valence-electron chi connectivity index (χ1n) is 10.8. The van der Waals surface area contributed by atoms with E-state index in [1.165, 1.54) is 12.1 Å². The maximum atomic E-state index is 13.2. The van der Waals surface area contributed by atoms with Crippen molar-refractivity contribution in [2.75, 3.05) is 41.3 Å². The van der Waals surface area contributed by atoms with E-state index < -0.39 is 0 Å². The third kappa shape index (κ3) is 5.07. The van der Waals surface area contributed by atoms with E-state index >= 15 is 0 Å². The first kappa shape index (κ1) is 21.0. The third-order valence-corrected chi connectivity index (χ3v) is 5.57. The number of hydrogen-bond donors (Lipinski definition) is 1. The average Bonchev–Trinajstić information content (AvgIpc) is 2.83. The Morgan fingerprint density at radius 2 is 1.61 bits per heavy atom. The zero-order chi connectivity index (χ0) is 21.6. The van der Waals surface area contributed by atoms with Crippen molar-refractivity contribution in [3.8, 4) is 0 Å². The molecule has 7 nitrogen and oxygen atoms in total. The predicted octanol–water partition coefficient (Wildman–Crippen LogP) is 3.47. The molecule has 1 aliphatic heterocycles. The number of nitrogens with one attached hydrogen (secondary N) is 1. The smallest absolute Gasteiger partial charge is 0.243 e. The molecule has 1 fully saturated rings. The van der Waals surface area contributed by atoms with Gasteiger partial charge in [-0.15, -0.1) is 5.10 Å². The van der Waals surface area contributed by atoms with Crippen LogP contribution in [0.25, 0.3) is 0 Å². The number of hydrogen-bond acceptors (Lipinski definition) is 7. The lowest BCUT2D eigenvalue weighted by molar-refractivity contribution is 0.624. The summed E-state index contributed by atoms with van der Waals surface area (Å²) in [5.74, 6) is 1.32. The fraction of sp³-hybridized carbons (Fsp3) is 0.391. The van der Waals surface area contributed by atoms with Gasteiger partial charge in [0.05, 0.1) is 11.4 Å². The molecule has 1 aromatic carbocycles. The van der Waals surface area contributed by atoms with Crippen LogP contribution in [0.4, 0.5) is 21.8 Å². The highest BCUT2D eigenvalue weighted by atomic mass is 19.1. The van der Waals surface area contributed by atoms with Crippen LogP contribution in [0.15, 0.2) is 42.6 Å². The van der Waals surface area contributed by atoms with E-state index in [9.17, 15) is 4.39 Å². The molecule has 0 saturated carbocycles. The van der Waals surface area contributed by atoms with Crippen molar-refractivity contribution in [2.45, 2.75) is 33.2 Å². The lowest BCUT2D eigenvalue weighted by Gasteiger charge is -2.36. The monoisotopic (exact) mass is 421 g/mol. The number of pyridine rings is 1. The van der Waals surface area contributed by atoms with Crippen LogP contribution in [-0.2, 0) is 19.4 Å². The molecule has 0 atom stereocenters. The highest BCUT2D eigenvalue weighted by Gasteiger charge is 2.18. The minimum atomic E-state index is -0.203. The molecule has 0 amide bonds. The maximum absolute atomic E-state index is 13.2. The Bertz CT molecular complexity index is 1000. The van der Waals surface area contributed by atoms with E-state index in [1.807, 2.05) is 24.4 Å². The molecule has 1 N–H and O–H groups in total. The van der Waals surface area contributed by atoms with Gasteiger partial charge in [0, 0.05) is 44.6 Å². The lowest BCUT2D eigenvalue weighted by atomic mass is 10.2. The minimum Gasteiger partial charge on any atom is -0.368 e. The highest BCUT2D eigenvalue weighted by molar-refractivity contribution is 5.50. The maximum Gasteiger partial charge on any atom is 0.243 e. The summed E-state index contributed by atoms with van der Waals surface area (Å²) in [5.41, 5.74) is 4.13. The molecule has 3 heterocycles. The largest absolute Gasteiger partial charge is 0.368 e. The summed E-state index contributed by atoms with van der Waals surface area (Å²) in [6, 6.07) is 10.8. The van der Waals surface area contributed by atoms with E-state index in [1.54, 1.807) is 0 Å². The number of aryl methyl sites for hydroxylation is 2. The van der Waals surface area contributed by atoms with Crippen molar-refractivity contribution in [1.29, 1.82) is 0 Å². The summed E-state index contributed by atoms with van der Waals surface area (Å²) in [6.07, 6.45) is 3.53. The molecule has 162 valence electrons. The standard InChI is InChI=1S/C23H28FN7/c1-3-20-21(4-2)28-29-23(27-20)26-16-17-9-10-25-22(15-17)31-13-11-30(12-14-31)19-7-5-18(24)6-8-19/h5-10,15H,3-4,11-14,16H2,1-2H3,(H,26,27,29). The van der Waals surface area contributed by atoms with Crippen molar-refractivity contribution in [3.05, 3.63) is 65.4 Å². The van der Waals surface area contributed by atoms with Crippen LogP contribution in [0.5, 0.6) is 0 Å². The van der Waals surface area contributed by atoms with Gasteiger partial charge < -0.3 is 15.1 Å². The summed E-state index contributed by atoms with van der Waals surface area (Å²) < 4.78 is 13.2. The van der Waals surface area contributed by atoms with Gasteiger partial charge in [-0.25, -0.2) is 14.4 Å². The number of piperazine rings is 1. The van der Waals surface area contributed by atoms with Crippen molar-refractivity contribution < 1.29 is 4.39 Å². The molecular weight excluding hydrogens is 393 g/mol. The molecule has 0 spiro atoms. The van der Waals surface area contributed by atoms with Crippen LogP contribution in [-0.4, -0.2) is 46.3 Å². The minimum absolute atomic E-state index is 0.203.